The van der Waals surface area contributed by atoms with Crippen LogP contribution in [0.2, 0.25) is 5.02 Å². The van der Waals surface area contributed by atoms with Crippen LogP contribution in [0.4, 0.5) is 0 Å². The molecule has 0 saturated heterocycles. The highest BCUT2D eigenvalue weighted by Gasteiger charge is 2.09. The summed E-state index contributed by atoms with van der Waals surface area (Å²) in [6.45, 7) is 0. The van der Waals surface area contributed by atoms with Crippen molar-refractivity contribution in [2.24, 2.45) is 0 Å². The third-order valence-electron chi connectivity index (χ3n) is 1.92. The Kier molecular flexibility index (Phi) is 3.61. The summed E-state index contributed by atoms with van der Waals surface area (Å²) >= 11 is 7.18. The third kappa shape index (κ3) is 2.95. The fourth-order valence-corrected chi connectivity index (χ4v) is 2.25. The minimum atomic E-state index is -1.04. The van der Waals surface area contributed by atoms with Crippen LogP contribution in [0.15, 0.2) is 46.7 Å². The molecule has 0 aliphatic rings. The molecule has 0 amide bonds. The highest BCUT2D eigenvalue weighted by molar-refractivity contribution is 7.99. The Balaban J connectivity index is 2.24. The highest BCUT2D eigenvalue weighted by atomic mass is 35.5. The molecule has 1 aromatic carbocycles. The molecule has 86 valence electrons. The molecule has 1 aromatic heterocycles. The van der Waals surface area contributed by atoms with Crippen LogP contribution in [-0.4, -0.2) is 21.0 Å². The van der Waals surface area contributed by atoms with E-state index >= 15 is 0 Å². The maximum Gasteiger partial charge on any atom is 0.337 e. The van der Waals surface area contributed by atoms with Crippen LogP contribution >= 0.6 is 23.4 Å². The van der Waals surface area contributed by atoms with E-state index in [9.17, 15) is 4.79 Å². The summed E-state index contributed by atoms with van der Waals surface area (Å²) in [6, 6.07) is 6.46. The number of hydrogen-bond donors (Lipinski definition) is 1. The lowest BCUT2D eigenvalue weighted by Crippen LogP contribution is -1.96. The first-order chi connectivity index (χ1) is 8.16. The van der Waals surface area contributed by atoms with Gasteiger partial charge in [0.1, 0.15) is 0 Å². The number of benzene rings is 1. The SMILES string of the molecule is O=C(O)c1ccc(Sc2ncccn2)cc1Cl. The summed E-state index contributed by atoms with van der Waals surface area (Å²) in [5.41, 5.74) is 0.0880. The number of aromatic nitrogens is 2. The van der Waals surface area contributed by atoms with Crippen molar-refractivity contribution in [3.8, 4) is 0 Å². The van der Waals surface area contributed by atoms with E-state index in [0.717, 1.165) is 4.90 Å². The molecule has 0 radical (unpaired) electrons. The Morgan fingerprint density at radius 2 is 2.00 bits per heavy atom. The van der Waals surface area contributed by atoms with Gasteiger partial charge in [-0.25, -0.2) is 14.8 Å². The van der Waals surface area contributed by atoms with Crippen LogP contribution in [0.5, 0.6) is 0 Å². The molecule has 2 aromatic rings. The Labute approximate surface area is 107 Å². The lowest BCUT2D eigenvalue weighted by atomic mass is 10.2. The number of rotatable bonds is 3. The minimum Gasteiger partial charge on any atom is -0.478 e. The van der Waals surface area contributed by atoms with E-state index < -0.39 is 5.97 Å². The predicted molar refractivity (Wildman–Crippen MR) is 64.6 cm³/mol. The van der Waals surface area contributed by atoms with E-state index in [4.69, 9.17) is 16.7 Å². The zero-order chi connectivity index (χ0) is 12.3. The second kappa shape index (κ2) is 5.16. The van der Waals surface area contributed by atoms with Crippen molar-refractivity contribution in [1.82, 2.24) is 9.97 Å². The fourth-order valence-electron chi connectivity index (χ4n) is 1.18. The monoisotopic (exact) mass is 266 g/mol. The first-order valence-electron chi connectivity index (χ1n) is 4.64. The number of carboxylic acids is 1. The smallest absolute Gasteiger partial charge is 0.337 e. The molecule has 4 nitrogen and oxygen atoms in total. The number of carbonyl (C=O) groups is 1. The first kappa shape index (κ1) is 11.9. The molecule has 0 spiro atoms. The van der Waals surface area contributed by atoms with Crippen LogP contribution in [0.25, 0.3) is 0 Å². The molecular weight excluding hydrogens is 260 g/mol. The Hall–Kier alpha value is -1.59. The molecule has 0 bridgehead atoms. The van der Waals surface area contributed by atoms with Crippen LogP contribution in [0.1, 0.15) is 10.4 Å². The van der Waals surface area contributed by atoms with E-state index in [1.807, 2.05) is 0 Å². The maximum absolute atomic E-state index is 10.8. The molecule has 1 heterocycles. The fraction of sp³-hybridized carbons (Fsp3) is 0. The summed E-state index contributed by atoms with van der Waals surface area (Å²) in [7, 11) is 0. The van der Waals surface area contributed by atoms with Gasteiger partial charge in [0.2, 0.25) is 0 Å². The zero-order valence-electron chi connectivity index (χ0n) is 8.50. The molecule has 0 aliphatic heterocycles. The summed E-state index contributed by atoms with van der Waals surface area (Å²) in [5.74, 6) is -1.04. The molecular formula is C11H7ClN2O2S. The van der Waals surface area contributed by atoms with Gasteiger partial charge >= 0.3 is 5.97 Å². The molecule has 6 heteroatoms. The van der Waals surface area contributed by atoms with E-state index in [1.165, 1.54) is 17.8 Å². The number of carboxylic acid groups (broad SMARTS) is 1. The third-order valence-corrected chi connectivity index (χ3v) is 3.12. The van der Waals surface area contributed by atoms with Gasteiger partial charge in [-0.3, -0.25) is 0 Å². The molecule has 17 heavy (non-hydrogen) atoms. The quantitative estimate of drug-likeness (QED) is 0.866. The minimum absolute atomic E-state index is 0.0880. The van der Waals surface area contributed by atoms with Crippen molar-refractivity contribution in [1.29, 1.82) is 0 Å². The van der Waals surface area contributed by atoms with Gasteiger partial charge in [-0.05, 0) is 36.0 Å². The summed E-state index contributed by atoms with van der Waals surface area (Å²) in [4.78, 5) is 19.7. The first-order valence-corrected chi connectivity index (χ1v) is 5.84. The van der Waals surface area contributed by atoms with Gasteiger partial charge in [-0.15, -0.1) is 0 Å². The van der Waals surface area contributed by atoms with Crippen molar-refractivity contribution in [2.45, 2.75) is 10.1 Å². The molecule has 0 atom stereocenters. The van der Waals surface area contributed by atoms with Crippen molar-refractivity contribution in [3.63, 3.8) is 0 Å². The van der Waals surface area contributed by atoms with E-state index in [2.05, 4.69) is 9.97 Å². The Bertz CT molecular complexity index is 548. The molecule has 0 unspecified atom stereocenters. The lowest BCUT2D eigenvalue weighted by molar-refractivity contribution is 0.0697. The van der Waals surface area contributed by atoms with Gasteiger partial charge in [0.25, 0.3) is 0 Å². The average Bonchev–Trinajstić information content (AvgIpc) is 2.30. The van der Waals surface area contributed by atoms with Gasteiger partial charge in [-0.2, -0.15) is 0 Å². The second-order valence-corrected chi connectivity index (χ2v) is 4.53. The molecule has 1 N–H and O–H groups in total. The molecule has 0 fully saturated rings. The van der Waals surface area contributed by atoms with Gasteiger partial charge < -0.3 is 5.11 Å². The van der Waals surface area contributed by atoms with Crippen LogP contribution in [0.3, 0.4) is 0 Å². The summed E-state index contributed by atoms with van der Waals surface area (Å²) in [6.07, 6.45) is 3.28. The van der Waals surface area contributed by atoms with Crippen molar-refractivity contribution < 1.29 is 9.90 Å². The topological polar surface area (TPSA) is 63.1 Å². The van der Waals surface area contributed by atoms with Gasteiger partial charge in [0.05, 0.1) is 10.6 Å². The van der Waals surface area contributed by atoms with Gasteiger partial charge in [-0.1, -0.05) is 11.6 Å². The predicted octanol–water partition coefficient (Wildman–Crippen LogP) is 2.98. The largest absolute Gasteiger partial charge is 0.478 e. The zero-order valence-corrected chi connectivity index (χ0v) is 10.1. The van der Waals surface area contributed by atoms with Crippen LogP contribution in [-0.2, 0) is 0 Å². The summed E-state index contributed by atoms with van der Waals surface area (Å²) < 4.78 is 0. The molecule has 2 rings (SSSR count). The second-order valence-electron chi connectivity index (χ2n) is 3.08. The number of aromatic carboxylic acids is 1. The number of halogens is 1. The number of nitrogens with zero attached hydrogens (tertiary/aromatic N) is 2. The standard InChI is InChI=1S/C11H7ClN2O2S/c12-9-6-7(2-3-8(9)10(15)16)17-11-13-4-1-5-14-11/h1-6H,(H,15,16). The Morgan fingerprint density at radius 3 is 2.59 bits per heavy atom. The molecule has 0 aliphatic carbocycles. The van der Waals surface area contributed by atoms with Crippen molar-refractivity contribution >= 4 is 29.3 Å². The molecule has 0 saturated carbocycles. The average molecular weight is 267 g/mol. The summed E-state index contributed by atoms with van der Waals surface area (Å²) in [5, 5.41) is 9.63. The van der Waals surface area contributed by atoms with E-state index in [1.54, 1.807) is 30.6 Å². The Morgan fingerprint density at radius 1 is 1.29 bits per heavy atom. The highest BCUT2D eigenvalue weighted by Crippen LogP contribution is 2.28. The maximum atomic E-state index is 10.8. The lowest BCUT2D eigenvalue weighted by Gasteiger charge is -2.02. The van der Waals surface area contributed by atoms with Crippen LogP contribution < -0.4 is 0 Å². The van der Waals surface area contributed by atoms with Crippen LogP contribution in [0, 0.1) is 0 Å². The number of hydrogen-bond acceptors (Lipinski definition) is 4. The van der Waals surface area contributed by atoms with Gasteiger partial charge in [0.15, 0.2) is 5.16 Å². The normalized spacial score (nSPS) is 10.2. The van der Waals surface area contributed by atoms with Crippen molar-refractivity contribution in [2.75, 3.05) is 0 Å². The van der Waals surface area contributed by atoms with Crippen molar-refractivity contribution in [3.05, 3.63) is 47.2 Å². The van der Waals surface area contributed by atoms with E-state index in [-0.39, 0.29) is 10.6 Å². The van der Waals surface area contributed by atoms with Gasteiger partial charge in [0, 0.05) is 17.3 Å². The van der Waals surface area contributed by atoms with E-state index in [0.29, 0.717) is 5.16 Å².